The minimum atomic E-state index is -3.67. The van der Waals surface area contributed by atoms with Crippen molar-refractivity contribution in [1.29, 1.82) is 0 Å². The maximum Gasteiger partial charge on any atom is 0.179 e. The van der Waals surface area contributed by atoms with Crippen LogP contribution in [0.1, 0.15) is 56.6 Å². The van der Waals surface area contributed by atoms with Gasteiger partial charge in [0.1, 0.15) is 12.4 Å². The summed E-state index contributed by atoms with van der Waals surface area (Å²) in [7, 11) is -2.05. The zero-order chi connectivity index (χ0) is 26.7. The molecule has 206 valence electrons. The van der Waals surface area contributed by atoms with Crippen LogP contribution in [0.2, 0.25) is 0 Å². The van der Waals surface area contributed by atoms with Gasteiger partial charge in [-0.1, -0.05) is 63.1 Å². The van der Waals surface area contributed by atoms with Gasteiger partial charge < -0.3 is 24.1 Å². The number of methoxy groups -OCH3 is 1. The lowest BCUT2D eigenvalue weighted by molar-refractivity contribution is 0.0172. The lowest BCUT2D eigenvalue weighted by Gasteiger charge is -2.39. The SMILES string of the molecule is CCCC[C@]1(CC)CS(=O)(=O)c2cc(OCCOCCOCCOC)ccc2[C@@H](c2ccccc2)[C@H]1O. The lowest BCUT2D eigenvalue weighted by Crippen LogP contribution is -2.42. The average Bonchev–Trinajstić information content (AvgIpc) is 2.97. The second kappa shape index (κ2) is 14.3. The Bertz CT molecular complexity index is 1060. The molecule has 2 aromatic rings. The minimum absolute atomic E-state index is 0.0797. The molecule has 1 aliphatic heterocycles. The molecule has 1 aliphatic rings. The smallest absolute Gasteiger partial charge is 0.179 e. The van der Waals surface area contributed by atoms with Crippen LogP contribution in [0.15, 0.2) is 53.4 Å². The third-order valence-electron chi connectivity index (χ3n) is 7.27. The van der Waals surface area contributed by atoms with E-state index >= 15 is 0 Å². The Morgan fingerprint density at radius 3 is 2.27 bits per heavy atom. The fourth-order valence-corrected chi connectivity index (χ4v) is 7.42. The Hall–Kier alpha value is -1.97. The molecule has 0 radical (unpaired) electrons. The van der Waals surface area contributed by atoms with E-state index in [2.05, 4.69) is 6.92 Å². The van der Waals surface area contributed by atoms with Crippen LogP contribution in [0.5, 0.6) is 5.75 Å². The predicted molar refractivity (Wildman–Crippen MR) is 144 cm³/mol. The molecule has 3 atom stereocenters. The molecule has 37 heavy (non-hydrogen) atoms. The number of fused-ring (bicyclic) bond motifs is 1. The summed E-state index contributed by atoms with van der Waals surface area (Å²) in [4.78, 5) is 0.247. The Balaban J connectivity index is 1.83. The second-order valence-electron chi connectivity index (χ2n) is 9.68. The summed E-state index contributed by atoms with van der Waals surface area (Å²) in [5, 5.41) is 11.9. The topological polar surface area (TPSA) is 91.3 Å². The monoisotopic (exact) mass is 534 g/mol. The number of sulfone groups is 1. The first-order chi connectivity index (χ1) is 17.9. The van der Waals surface area contributed by atoms with Gasteiger partial charge in [-0.15, -0.1) is 0 Å². The van der Waals surface area contributed by atoms with Crippen molar-refractivity contribution < 1.29 is 32.5 Å². The van der Waals surface area contributed by atoms with Crippen molar-refractivity contribution in [3.05, 3.63) is 59.7 Å². The maximum absolute atomic E-state index is 13.8. The number of hydrogen-bond acceptors (Lipinski definition) is 7. The van der Waals surface area contributed by atoms with Crippen molar-refractivity contribution in [3.8, 4) is 5.75 Å². The number of rotatable bonds is 15. The number of aliphatic hydroxyl groups is 1. The first kappa shape index (κ1) is 29.6. The van der Waals surface area contributed by atoms with E-state index < -0.39 is 27.3 Å². The second-order valence-corrected chi connectivity index (χ2v) is 11.6. The molecule has 0 fully saturated rings. The van der Waals surface area contributed by atoms with Crippen LogP contribution in [0.25, 0.3) is 0 Å². The molecule has 0 saturated heterocycles. The summed E-state index contributed by atoms with van der Waals surface area (Å²) in [6, 6.07) is 14.9. The maximum atomic E-state index is 13.8. The molecule has 1 heterocycles. The number of unbranched alkanes of at least 4 members (excludes halogenated alkanes) is 1. The highest BCUT2D eigenvalue weighted by Crippen LogP contribution is 2.49. The molecule has 7 nitrogen and oxygen atoms in total. The van der Waals surface area contributed by atoms with Crippen molar-refractivity contribution in [1.82, 2.24) is 0 Å². The van der Waals surface area contributed by atoms with Gasteiger partial charge in [0.05, 0.1) is 49.8 Å². The fraction of sp³-hybridized carbons (Fsp3) is 0.586. The van der Waals surface area contributed by atoms with E-state index in [0.29, 0.717) is 57.2 Å². The largest absolute Gasteiger partial charge is 0.491 e. The van der Waals surface area contributed by atoms with E-state index in [0.717, 1.165) is 18.4 Å². The first-order valence-corrected chi connectivity index (χ1v) is 14.9. The number of hydrogen-bond donors (Lipinski definition) is 1. The van der Waals surface area contributed by atoms with E-state index in [1.807, 2.05) is 37.3 Å². The summed E-state index contributed by atoms with van der Waals surface area (Å²) in [5.41, 5.74) is 0.814. The Morgan fingerprint density at radius 2 is 1.62 bits per heavy atom. The standard InChI is InChI=1S/C29H42O7S/c1-4-6-14-29(5-2)22-37(31,32)26-21-24(36-20-19-35-18-17-34-16-15-33-3)12-13-25(26)27(28(29)30)23-10-8-7-9-11-23/h7-13,21,27-28,30H,4-6,14-20,22H2,1-3H3/t27-,28-,29-/m1/s1. The Kier molecular flexibility index (Phi) is 11.4. The lowest BCUT2D eigenvalue weighted by atomic mass is 9.69. The van der Waals surface area contributed by atoms with Gasteiger partial charge in [0, 0.05) is 18.4 Å². The molecule has 0 amide bonds. The van der Waals surface area contributed by atoms with E-state index in [1.54, 1.807) is 25.3 Å². The molecule has 0 unspecified atom stereocenters. The third-order valence-corrected chi connectivity index (χ3v) is 9.25. The normalized spacial score (nSPS) is 22.8. The van der Waals surface area contributed by atoms with E-state index in [1.165, 1.54) is 0 Å². The Morgan fingerprint density at radius 1 is 0.946 bits per heavy atom. The number of ether oxygens (including phenoxy) is 4. The van der Waals surface area contributed by atoms with E-state index in [9.17, 15) is 13.5 Å². The van der Waals surface area contributed by atoms with Crippen molar-refractivity contribution in [3.63, 3.8) is 0 Å². The number of aliphatic hydroxyl groups excluding tert-OH is 1. The molecule has 3 rings (SSSR count). The van der Waals surface area contributed by atoms with Crippen LogP contribution in [-0.4, -0.2) is 72.1 Å². The average molecular weight is 535 g/mol. The summed E-state index contributed by atoms with van der Waals surface area (Å²) in [6.45, 7) is 6.71. The fourth-order valence-electron chi connectivity index (χ4n) is 5.14. The van der Waals surface area contributed by atoms with Crippen LogP contribution in [0.4, 0.5) is 0 Å². The molecular formula is C29H42O7S. The van der Waals surface area contributed by atoms with Crippen LogP contribution >= 0.6 is 0 Å². The molecule has 0 spiro atoms. The van der Waals surface area contributed by atoms with Crippen molar-refractivity contribution in [2.75, 3.05) is 52.5 Å². The van der Waals surface area contributed by atoms with Gasteiger partial charge in [0.25, 0.3) is 0 Å². The van der Waals surface area contributed by atoms with Crippen molar-refractivity contribution >= 4 is 9.84 Å². The summed E-state index contributed by atoms with van der Waals surface area (Å²) in [5.74, 6) is -0.0502. The van der Waals surface area contributed by atoms with Crippen LogP contribution in [-0.2, 0) is 24.0 Å². The molecule has 0 bridgehead atoms. The highest BCUT2D eigenvalue weighted by molar-refractivity contribution is 7.91. The van der Waals surface area contributed by atoms with Gasteiger partial charge in [-0.3, -0.25) is 0 Å². The first-order valence-electron chi connectivity index (χ1n) is 13.3. The minimum Gasteiger partial charge on any atom is -0.491 e. The molecule has 1 N–H and O–H groups in total. The quantitative estimate of drug-likeness (QED) is 0.334. The summed E-state index contributed by atoms with van der Waals surface area (Å²) in [6.07, 6.45) is 2.23. The van der Waals surface area contributed by atoms with Crippen LogP contribution in [0.3, 0.4) is 0 Å². The van der Waals surface area contributed by atoms with Gasteiger partial charge in [0.2, 0.25) is 0 Å². The highest BCUT2D eigenvalue weighted by atomic mass is 32.2. The van der Waals surface area contributed by atoms with Crippen molar-refractivity contribution in [2.24, 2.45) is 5.41 Å². The van der Waals surface area contributed by atoms with Gasteiger partial charge in [0.15, 0.2) is 9.84 Å². The van der Waals surface area contributed by atoms with Gasteiger partial charge >= 0.3 is 0 Å². The highest BCUT2D eigenvalue weighted by Gasteiger charge is 2.48. The summed E-state index contributed by atoms with van der Waals surface area (Å²) >= 11 is 0. The third kappa shape index (κ3) is 7.54. The molecule has 0 aromatic heterocycles. The van der Waals surface area contributed by atoms with E-state index in [-0.39, 0.29) is 17.3 Å². The van der Waals surface area contributed by atoms with Crippen LogP contribution in [0, 0.1) is 5.41 Å². The molecule has 8 heteroatoms. The van der Waals surface area contributed by atoms with E-state index in [4.69, 9.17) is 18.9 Å². The van der Waals surface area contributed by atoms with Crippen molar-refractivity contribution in [2.45, 2.75) is 56.4 Å². The molecule has 0 aliphatic carbocycles. The Labute approximate surface area is 222 Å². The molecule has 2 aromatic carbocycles. The van der Waals surface area contributed by atoms with Gasteiger partial charge in [-0.05, 0) is 36.1 Å². The zero-order valence-electron chi connectivity index (χ0n) is 22.4. The predicted octanol–water partition coefficient (Wildman–Crippen LogP) is 4.61. The van der Waals surface area contributed by atoms with Crippen LogP contribution < -0.4 is 4.74 Å². The molecule has 0 saturated carbocycles. The zero-order valence-corrected chi connectivity index (χ0v) is 23.2. The number of benzene rings is 2. The van der Waals surface area contributed by atoms with Gasteiger partial charge in [-0.2, -0.15) is 0 Å². The van der Waals surface area contributed by atoms with Gasteiger partial charge in [-0.25, -0.2) is 8.42 Å². The summed E-state index contributed by atoms with van der Waals surface area (Å²) < 4.78 is 49.3. The molecular weight excluding hydrogens is 492 g/mol.